The topological polar surface area (TPSA) is 90.5 Å². The van der Waals surface area contributed by atoms with Crippen molar-refractivity contribution >= 4 is 32.6 Å². The van der Waals surface area contributed by atoms with Crippen molar-refractivity contribution in [2.75, 3.05) is 5.75 Å². The van der Waals surface area contributed by atoms with Crippen molar-refractivity contribution in [3.63, 3.8) is 0 Å². The fraction of sp³-hybridized carbons (Fsp3) is 0.138. The highest BCUT2D eigenvalue weighted by Crippen LogP contribution is 2.38. The summed E-state index contributed by atoms with van der Waals surface area (Å²) in [5.41, 5.74) is 2.46. The summed E-state index contributed by atoms with van der Waals surface area (Å²) in [6, 6.07) is 23.2. The number of nitrogens with zero attached hydrogens (tertiary/aromatic N) is 2. The molecule has 0 aliphatic carbocycles. The van der Waals surface area contributed by atoms with Gasteiger partial charge in [-0.2, -0.15) is 21.6 Å². The van der Waals surface area contributed by atoms with Crippen LogP contribution in [0, 0.1) is 0 Å². The van der Waals surface area contributed by atoms with E-state index in [9.17, 15) is 31.5 Å². The number of alkyl halides is 3. The molecule has 0 radical (unpaired) electrons. The Morgan fingerprint density at radius 2 is 1.56 bits per heavy atom. The van der Waals surface area contributed by atoms with Gasteiger partial charge in [0.05, 0.1) is 46.1 Å². The summed E-state index contributed by atoms with van der Waals surface area (Å²) in [6.07, 6.45) is -4.56. The number of hydrogen-bond acceptors (Lipinski definition) is 5. The Labute approximate surface area is 237 Å². The summed E-state index contributed by atoms with van der Waals surface area (Å²) in [5.74, 6) is -1.41. The number of halogens is 4. The molecule has 5 rings (SSSR count). The van der Waals surface area contributed by atoms with Gasteiger partial charge in [-0.3, -0.25) is 9.36 Å². The van der Waals surface area contributed by atoms with Gasteiger partial charge in [-0.05, 0) is 60.2 Å². The van der Waals surface area contributed by atoms with Gasteiger partial charge in [-0.25, -0.2) is 0 Å². The van der Waals surface area contributed by atoms with Crippen LogP contribution in [0.2, 0.25) is 5.02 Å². The lowest BCUT2D eigenvalue weighted by Crippen LogP contribution is -2.20. The third-order valence-electron chi connectivity index (χ3n) is 6.39. The summed E-state index contributed by atoms with van der Waals surface area (Å²) in [7, 11) is -4.50. The molecule has 0 bridgehead atoms. The van der Waals surface area contributed by atoms with E-state index in [4.69, 9.17) is 15.8 Å². The molecule has 0 spiro atoms. The molecule has 7 nitrogen and oxygen atoms in total. The van der Waals surface area contributed by atoms with Crippen molar-refractivity contribution in [2.45, 2.75) is 19.2 Å². The largest absolute Gasteiger partial charge is 0.392 e. The van der Waals surface area contributed by atoms with Crippen LogP contribution in [0.5, 0.6) is 5.75 Å². The second-order valence-corrected chi connectivity index (χ2v) is 11.2. The first-order valence-corrected chi connectivity index (χ1v) is 14.2. The molecule has 0 fully saturated rings. The Bertz CT molecular complexity index is 1880. The number of rotatable bonds is 8. The van der Waals surface area contributed by atoms with Crippen LogP contribution >= 0.6 is 11.6 Å². The van der Waals surface area contributed by atoms with Gasteiger partial charge < -0.3 is 13.9 Å². The van der Waals surface area contributed by atoms with Crippen LogP contribution in [0.1, 0.15) is 12.0 Å². The first-order valence-electron chi connectivity index (χ1n) is 12.3. The summed E-state index contributed by atoms with van der Waals surface area (Å²) in [4.78, 5) is 13.8. The van der Waals surface area contributed by atoms with Gasteiger partial charge in [0.25, 0.3) is 5.56 Å². The molecule has 2 aromatic heterocycles. The van der Waals surface area contributed by atoms with Gasteiger partial charge in [0.1, 0.15) is 5.75 Å². The second kappa shape index (κ2) is 11.1. The number of aromatic nitrogens is 2. The van der Waals surface area contributed by atoms with E-state index in [0.29, 0.717) is 38.7 Å². The maximum Gasteiger partial charge on any atom is 0.390 e. The minimum absolute atomic E-state index is 0.187. The van der Waals surface area contributed by atoms with Gasteiger partial charge >= 0.3 is 16.3 Å². The molecule has 0 saturated carbocycles. The Morgan fingerprint density at radius 3 is 2.20 bits per heavy atom. The average Bonchev–Trinajstić information content (AvgIpc) is 3.28. The van der Waals surface area contributed by atoms with Crippen LogP contribution in [0.25, 0.3) is 33.5 Å². The Kier molecular flexibility index (Phi) is 7.69. The van der Waals surface area contributed by atoms with Crippen LogP contribution in [-0.2, 0) is 16.7 Å². The number of hydrogen-bond donors (Lipinski definition) is 1. The van der Waals surface area contributed by atoms with Crippen LogP contribution in [-0.4, -0.2) is 34.6 Å². The normalized spacial score (nSPS) is 12.1. The maximum atomic E-state index is 13.8. The summed E-state index contributed by atoms with van der Waals surface area (Å²) in [5, 5.41) is 11.2. The predicted molar refractivity (Wildman–Crippen MR) is 150 cm³/mol. The number of para-hydroxylation sites is 2. The molecule has 1 N–H and O–H groups in total. The van der Waals surface area contributed by atoms with E-state index in [2.05, 4.69) is 0 Å². The van der Waals surface area contributed by atoms with Crippen LogP contribution in [0.15, 0.2) is 95.9 Å². The highest BCUT2D eigenvalue weighted by Gasteiger charge is 2.31. The number of aliphatic hydroxyl groups excluding tert-OH is 1. The number of pyridine rings is 1. The van der Waals surface area contributed by atoms with Crippen molar-refractivity contribution in [1.29, 1.82) is 0 Å². The molecule has 212 valence electrons. The van der Waals surface area contributed by atoms with Gasteiger partial charge in [0, 0.05) is 17.4 Å². The maximum absolute atomic E-state index is 13.8. The highest BCUT2D eigenvalue weighted by molar-refractivity contribution is 7.87. The second-order valence-electron chi connectivity index (χ2n) is 9.09. The van der Waals surface area contributed by atoms with Gasteiger partial charge in [0.2, 0.25) is 0 Å². The highest BCUT2D eigenvalue weighted by atomic mass is 35.5. The molecule has 0 amide bonds. The van der Waals surface area contributed by atoms with Crippen molar-refractivity contribution in [2.24, 2.45) is 0 Å². The molecule has 2 heterocycles. The standard InChI is InChI=1S/C29H22ClF3N2O5S/c30-23-8-4-5-9-24(23)35-25-14-16-34(20-6-2-1-3-7-20)28(37)26(25)22(18-36)27(35)19-10-12-21(13-11-19)40-41(38,39)17-15-29(31,32)33/h1-14,16,36H,15,17-18H2. The molecular weight excluding hydrogens is 581 g/mol. The molecule has 0 aliphatic heterocycles. The summed E-state index contributed by atoms with van der Waals surface area (Å²) < 4.78 is 69.7. The average molecular weight is 603 g/mol. The van der Waals surface area contributed by atoms with E-state index in [0.717, 1.165) is 0 Å². The molecular formula is C29H22ClF3N2O5S. The lowest BCUT2D eigenvalue weighted by atomic mass is 10.1. The SMILES string of the molecule is O=c1c2c(CO)c(-c3ccc(OS(=O)(=O)CCC(F)(F)F)cc3)n(-c3ccccc3Cl)c2ccn1-c1ccccc1. The minimum Gasteiger partial charge on any atom is -0.392 e. The van der Waals surface area contributed by atoms with Gasteiger partial charge in [-0.1, -0.05) is 41.9 Å². The van der Waals surface area contributed by atoms with Crippen molar-refractivity contribution in [1.82, 2.24) is 9.13 Å². The lowest BCUT2D eigenvalue weighted by molar-refractivity contribution is -0.130. The van der Waals surface area contributed by atoms with Gasteiger partial charge in [-0.15, -0.1) is 0 Å². The first-order chi connectivity index (χ1) is 19.5. The summed E-state index contributed by atoms with van der Waals surface area (Å²) >= 11 is 6.56. The zero-order valence-electron chi connectivity index (χ0n) is 21.2. The Hall–Kier alpha value is -4.06. The minimum atomic E-state index is -4.65. The number of benzene rings is 3. The number of aliphatic hydroxyl groups is 1. The fourth-order valence-corrected chi connectivity index (χ4v) is 5.79. The lowest BCUT2D eigenvalue weighted by Gasteiger charge is -2.15. The van der Waals surface area contributed by atoms with Crippen molar-refractivity contribution < 1.29 is 30.9 Å². The fourth-order valence-electron chi connectivity index (χ4n) is 4.60. The van der Waals surface area contributed by atoms with E-state index < -0.39 is 35.1 Å². The molecule has 3 aromatic carbocycles. The predicted octanol–water partition coefficient (Wildman–Crippen LogP) is 6.26. The molecule has 0 unspecified atom stereocenters. The van der Waals surface area contributed by atoms with Gasteiger partial charge in [0.15, 0.2) is 0 Å². The molecule has 0 atom stereocenters. The zero-order valence-corrected chi connectivity index (χ0v) is 22.7. The molecule has 0 saturated heterocycles. The quantitative estimate of drug-likeness (QED) is 0.212. The van der Waals surface area contributed by atoms with E-state index >= 15 is 0 Å². The van der Waals surface area contributed by atoms with E-state index in [1.807, 2.05) is 6.07 Å². The zero-order chi connectivity index (χ0) is 29.4. The van der Waals surface area contributed by atoms with Crippen LogP contribution in [0.3, 0.4) is 0 Å². The third-order valence-corrected chi connectivity index (χ3v) is 7.86. The molecule has 12 heteroatoms. The van der Waals surface area contributed by atoms with E-state index in [1.54, 1.807) is 65.4 Å². The van der Waals surface area contributed by atoms with Crippen LogP contribution in [0.4, 0.5) is 13.2 Å². The summed E-state index contributed by atoms with van der Waals surface area (Å²) in [6.45, 7) is -0.512. The molecule has 41 heavy (non-hydrogen) atoms. The first kappa shape index (κ1) is 28.5. The molecule has 0 aliphatic rings. The van der Waals surface area contributed by atoms with Crippen molar-refractivity contribution in [3.05, 3.63) is 112 Å². The smallest absolute Gasteiger partial charge is 0.390 e. The van der Waals surface area contributed by atoms with Crippen molar-refractivity contribution in [3.8, 4) is 28.4 Å². The Morgan fingerprint density at radius 1 is 0.902 bits per heavy atom. The molecule has 5 aromatic rings. The van der Waals surface area contributed by atoms with E-state index in [1.165, 1.54) is 28.8 Å². The van der Waals surface area contributed by atoms with Crippen LogP contribution < -0.4 is 9.74 Å². The monoisotopic (exact) mass is 602 g/mol. The third kappa shape index (κ3) is 5.88. The Balaban J connectivity index is 1.67. The van der Waals surface area contributed by atoms with E-state index in [-0.39, 0.29) is 16.7 Å². The number of fused-ring (bicyclic) bond motifs is 1.